The highest BCUT2D eigenvalue weighted by Crippen LogP contribution is 2.30. The van der Waals surface area contributed by atoms with Gasteiger partial charge in [0.25, 0.3) is 5.91 Å². The second-order valence-corrected chi connectivity index (χ2v) is 5.75. The summed E-state index contributed by atoms with van der Waals surface area (Å²) in [6.45, 7) is 2.97. The topological polar surface area (TPSA) is 61.0 Å². The Bertz CT molecular complexity index is 419. The number of hydrogen-bond donors (Lipinski definition) is 2. The summed E-state index contributed by atoms with van der Waals surface area (Å²) in [6.07, 6.45) is 9.05. The molecule has 2 aliphatic rings. The van der Waals surface area contributed by atoms with Gasteiger partial charge in [-0.1, -0.05) is 6.92 Å². The zero-order valence-electron chi connectivity index (χ0n) is 11.4. The zero-order chi connectivity index (χ0) is 13.2. The second kappa shape index (κ2) is 5.33. The van der Waals surface area contributed by atoms with Gasteiger partial charge in [0.1, 0.15) is 0 Å². The fraction of sp³-hybridized carbons (Fsp3) is 0.714. The van der Waals surface area contributed by atoms with Crippen LogP contribution in [-0.4, -0.2) is 45.7 Å². The lowest BCUT2D eigenvalue weighted by Gasteiger charge is -2.37. The molecule has 5 nitrogen and oxygen atoms in total. The number of hydrogen-bond acceptors (Lipinski definition) is 3. The van der Waals surface area contributed by atoms with E-state index in [1.165, 1.54) is 12.8 Å². The number of carbonyl (C=O) groups is 1. The summed E-state index contributed by atoms with van der Waals surface area (Å²) in [7, 11) is 0. The SMILES string of the molecule is CCCN(C(=O)c1cn[nH]c1)C1CC2CCC(C1)N2. The minimum Gasteiger partial charge on any atom is -0.335 e. The number of rotatable bonds is 4. The third-order valence-electron chi connectivity index (χ3n) is 4.36. The molecule has 3 heterocycles. The highest BCUT2D eigenvalue weighted by Gasteiger charge is 2.37. The average Bonchev–Trinajstić information content (AvgIpc) is 3.05. The number of piperidine rings is 1. The Balaban J connectivity index is 1.75. The molecule has 0 radical (unpaired) electrons. The van der Waals surface area contributed by atoms with Gasteiger partial charge >= 0.3 is 0 Å². The molecule has 2 N–H and O–H groups in total. The van der Waals surface area contributed by atoms with Crippen molar-refractivity contribution in [2.45, 2.75) is 57.2 Å². The maximum Gasteiger partial charge on any atom is 0.257 e. The first-order valence-electron chi connectivity index (χ1n) is 7.33. The van der Waals surface area contributed by atoms with Crippen LogP contribution in [0.15, 0.2) is 12.4 Å². The Morgan fingerprint density at radius 3 is 2.74 bits per heavy atom. The van der Waals surface area contributed by atoms with Crippen LogP contribution < -0.4 is 5.32 Å². The van der Waals surface area contributed by atoms with E-state index in [0.29, 0.717) is 23.7 Å². The molecule has 2 atom stereocenters. The van der Waals surface area contributed by atoms with Gasteiger partial charge in [-0.3, -0.25) is 9.89 Å². The van der Waals surface area contributed by atoms with E-state index < -0.39 is 0 Å². The Morgan fingerprint density at radius 1 is 1.42 bits per heavy atom. The summed E-state index contributed by atoms with van der Waals surface area (Å²) < 4.78 is 0. The van der Waals surface area contributed by atoms with Gasteiger partial charge in [0, 0.05) is 30.9 Å². The fourth-order valence-electron chi connectivity index (χ4n) is 3.51. The predicted octanol–water partition coefficient (Wildman–Crippen LogP) is 1.54. The number of aromatic amines is 1. The maximum absolute atomic E-state index is 12.6. The minimum atomic E-state index is 0.127. The molecule has 3 rings (SSSR count). The summed E-state index contributed by atoms with van der Waals surface area (Å²) in [6, 6.07) is 1.61. The lowest BCUT2D eigenvalue weighted by atomic mass is 9.97. The van der Waals surface area contributed by atoms with Crippen molar-refractivity contribution < 1.29 is 4.79 Å². The molecule has 1 amide bonds. The van der Waals surface area contributed by atoms with Crippen molar-refractivity contribution in [3.8, 4) is 0 Å². The lowest BCUT2D eigenvalue weighted by Crippen LogP contribution is -2.50. The largest absolute Gasteiger partial charge is 0.335 e. The number of nitrogens with one attached hydrogen (secondary N) is 2. The first-order valence-corrected chi connectivity index (χ1v) is 7.33. The number of H-pyrrole nitrogens is 1. The summed E-state index contributed by atoms with van der Waals surface area (Å²) in [5.74, 6) is 0.127. The van der Waals surface area contributed by atoms with Gasteiger partial charge in [0.2, 0.25) is 0 Å². The van der Waals surface area contributed by atoms with Crippen LogP contribution in [0.3, 0.4) is 0 Å². The van der Waals surface area contributed by atoms with Gasteiger partial charge in [0.05, 0.1) is 11.8 Å². The van der Waals surface area contributed by atoms with E-state index in [-0.39, 0.29) is 5.91 Å². The monoisotopic (exact) mass is 262 g/mol. The van der Waals surface area contributed by atoms with Gasteiger partial charge in [0.15, 0.2) is 0 Å². The van der Waals surface area contributed by atoms with Crippen LogP contribution in [-0.2, 0) is 0 Å². The van der Waals surface area contributed by atoms with Gasteiger partial charge in [-0.15, -0.1) is 0 Å². The molecule has 1 aromatic rings. The van der Waals surface area contributed by atoms with Crippen LogP contribution in [0, 0.1) is 0 Å². The van der Waals surface area contributed by atoms with Crippen molar-refractivity contribution in [1.29, 1.82) is 0 Å². The number of nitrogens with zero attached hydrogens (tertiary/aromatic N) is 2. The number of carbonyl (C=O) groups excluding carboxylic acids is 1. The molecular weight excluding hydrogens is 240 g/mol. The van der Waals surface area contributed by atoms with Crippen molar-refractivity contribution in [2.24, 2.45) is 0 Å². The molecule has 1 aromatic heterocycles. The van der Waals surface area contributed by atoms with Crippen LogP contribution in [0.1, 0.15) is 49.4 Å². The molecule has 19 heavy (non-hydrogen) atoms. The van der Waals surface area contributed by atoms with Crippen LogP contribution in [0.2, 0.25) is 0 Å². The third kappa shape index (κ3) is 2.52. The molecule has 2 bridgehead atoms. The Morgan fingerprint density at radius 2 is 2.16 bits per heavy atom. The molecule has 104 valence electrons. The normalized spacial score (nSPS) is 29.4. The summed E-state index contributed by atoms with van der Waals surface area (Å²) >= 11 is 0. The molecule has 0 spiro atoms. The van der Waals surface area contributed by atoms with Gasteiger partial charge in [-0.2, -0.15) is 5.10 Å². The van der Waals surface area contributed by atoms with E-state index in [4.69, 9.17) is 0 Å². The molecule has 0 saturated carbocycles. The molecular formula is C14H22N4O. The highest BCUT2D eigenvalue weighted by atomic mass is 16.2. The van der Waals surface area contributed by atoms with E-state index in [0.717, 1.165) is 25.8 Å². The van der Waals surface area contributed by atoms with Crippen molar-refractivity contribution in [2.75, 3.05) is 6.54 Å². The van der Waals surface area contributed by atoms with Crippen molar-refractivity contribution in [3.05, 3.63) is 18.0 Å². The molecule has 0 aromatic carbocycles. The predicted molar refractivity (Wildman–Crippen MR) is 72.9 cm³/mol. The van der Waals surface area contributed by atoms with Crippen molar-refractivity contribution in [1.82, 2.24) is 20.4 Å². The number of amides is 1. The second-order valence-electron chi connectivity index (χ2n) is 5.75. The summed E-state index contributed by atoms with van der Waals surface area (Å²) in [4.78, 5) is 14.6. The quantitative estimate of drug-likeness (QED) is 0.865. The molecule has 0 aliphatic carbocycles. The van der Waals surface area contributed by atoms with Crippen molar-refractivity contribution >= 4 is 5.91 Å². The molecule has 5 heteroatoms. The van der Waals surface area contributed by atoms with Crippen LogP contribution >= 0.6 is 0 Å². The first kappa shape index (κ1) is 12.7. The van der Waals surface area contributed by atoms with Crippen LogP contribution in [0.5, 0.6) is 0 Å². The van der Waals surface area contributed by atoms with E-state index in [1.807, 2.05) is 0 Å². The Hall–Kier alpha value is -1.36. The van der Waals surface area contributed by atoms with E-state index in [1.54, 1.807) is 12.4 Å². The van der Waals surface area contributed by atoms with Gasteiger partial charge < -0.3 is 10.2 Å². The fourth-order valence-corrected chi connectivity index (χ4v) is 3.51. The smallest absolute Gasteiger partial charge is 0.257 e. The summed E-state index contributed by atoms with van der Waals surface area (Å²) in [5, 5.41) is 10.3. The van der Waals surface area contributed by atoms with Crippen molar-refractivity contribution in [3.63, 3.8) is 0 Å². The maximum atomic E-state index is 12.6. The first-order chi connectivity index (χ1) is 9.28. The zero-order valence-corrected chi connectivity index (χ0v) is 11.4. The van der Waals surface area contributed by atoms with Crippen LogP contribution in [0.4, 0.5) is 0 Å². The van der Waals surface area contributed by atoms with Gasteiger partial charge in [-0.25, -0.2) is 0 Å². The lowest BCUT2D eigenvalue weighted by molar-refractivity contribution is 0.0617. The molecule has 2 aliphatic heterocycles. The Labute approximate surface area is 113 Å². The number of aromatic nitrogens is 2. The average molecular weight is 262 g/mol. The van der Waals surface area contributed by atoms with E-state index >= 15 is 0 Å². The summed E-state index contributed by atoms with van der Waals surface area (Å²) in [5.41, 5.74) is 0.680. The highest BCUT2D eigenvalue weighted by molar-refractivity contribution is 5.93. The standard InChI is InChI=1S/C14H22N4O/c1-2-5-18(14(19)10-8-15-16-9-10)13-6-11-3-4-12(7-13)17-11/h8-9,11-13,17H,2-7H2,1H3,(H,15,16). The third-order valence-corrected chi connectivity index (χ3v) is 4.36. The Kier molecular flexibility index (Phi) is 3.55. The molecule has 2 fully saturated rings. The number of fused-ring (bicyclic) bond motifs is 2. The molecule has 2 saturated heterocycles. The van der Waals surface area contributed by atoms with E-state index in [9.17, 15) is 4.79 Å². The van der Waals surface area contributed by atoms with Gasteiger partial charge in [-0.05, 0) is 32.1 Å². The minimum absolute atomic E-state index is 0.127. The van der Waals surface area contributed by atoms with E-state index in [2.05, 4.69) is 27.3 Å². The van der Waals surface area contributed by atoms with Crippen LogP contribution in [0.25, 0.3) is 0 Å². The molecule has 2 unspecified atom stereocenters.